The summed E-state index contributed by atoms with van der Waals surface area (Å²) < 4.78 is 5.56. The number of hydrogen-bond donors (Lipinski definition) is 2. The topological polar surface area (TPSA) is 81.0 Å². The van der Waals surface area contributed by atoms with Crippen LogP contribution in [0.15, 0.2) is 4.79 Å². The van der Waals surface area contributed by atoms with Crippen LogP contribution in [0, 0.1) is 0 Å². The van der Waals surface area contributed by atoms with Gasteiger partial charge in [-0.2, -0.15) is 0 Å². The fourth-order valence-corrected chi connectivity index (χ4v) is 1.79. The third-order valence-electron chi connectivity index (χ3n) is 2.64. The maximum absolute atomic E-state index is 11.8. The summed E-state index contributed by atoms with van der Waals surface area (Å²) in [5.74, 6) is 0.848. The molecule has 0 spiro atoms. The first-order valence-corrected chi connectivity index (χ1v) is 6.14. The molecule has 0 aromatic carbocycles. The molecule has 0 amide bonds. The molecule has 0 radical (unpaired) electrons. The van der Waals surface area contributed by atoms with Gasteiger partial charge in [0.25, 0.3) is 5.56 Å². The van der Waals surface area contributed by atoms with Gasteiger partial charge in [-0.15, -0.1) is 0 Å². The number of H-pyrrole nitrogens is 1. The Morgan fingerprint density at radius 1 is 1.41 bits per heavy atom. The van der Waals surface area contributed by atoms with E-state index in [2.05, 4.69) is 16.9 Å². The number of rotatable bonds is 6. The minimum Gasteiger partial charge on any atom is -0.383 e. The van der Waals surface area contributed by atoms with E-state index in [1.807, 2.05) is 13.8 Å². The Hall–Kier alpha value is -1.36. The zero-order chi connectivity index (χ0) is 12.8. The van der Waals surface area contributed by atoms with E-state index in [1.165, 1.54) is 0 Å². The number of hydrogen-bond acceptors (Lipinski definition) is 4. The molecule has 1 rings (SSSR count). The van der Waals surface area contributed by atoms with Crippen LogP contribution in [-0.2, 0) is 11.2 Å². The number of nitrogen functional groups attached to an aromatic ring is 1. The van der Waals surface area contributed by atoms with E-state index in [0.29, 0.717) is 30.2 Å². The van der Waals surface area contributed by atoms with Crippen molar-refractivity contribution in [3.05, 3.63) is 21.7 Å². The molecule has 0 aliphatic heterocycles. The van der Waals surface area contributed by atoms with Gasteiger partial charge in [0.1, 0.15) is 17.7 Å². The average Bonchev–Trinajstić information content (AvgIpc) is 2.28. The highest BCUT2D eigenvalue weighted by atomic mass is 16.5. The quantitative estimate of drug-likeness (QED) is 0.793. The molecule has 0 saturated carbocycles. The molecule has 0 bridgehead atoms. The molecule has 5 nitrogen and oxygen atoms in total. The second-order valence-electron chi connectivity index (χ2n) is 3.90. The van der Waals surface area contributed by atoms with E-state index in [9.17, 15) is 4.79 Å². The van der Waals surface area contributed by atoms with Gasteiger partial charge in [0.15, 0.2) is 0 Å². The first-order valence-electron chi connectivity index (χ1n) is 6.14. The molecule has 0 aliphatic carbocycles. The highest BCUT2D eigenvalue weighted by molar-refractivity contribution is 5.37. The van der Waals surface area contributed by atoms with Crippen LogP contribution in [0.3, 0.4) is 0 Å². The van der Waals surface area contributed by atoms with Gasteiger partial charge in [-0.05, 0) is 19.8 Å². The van der Waals surface area contributed by atoms with Crippen molar-refractivity contribution < 1.29 is 4.74 Å². The predicted molar refractivity (Wildman–Crippen MR) is 67.9 cm³/mol. The van der Waals surface area contributed by atoms with Crippen molar-refractivity contribution in [3.8, 4) is 0 Å². The van der Waals surface area contributed by atoms with Gasteiger partial charge in [-0.1, -0.05) is 20.3 Å². The van der Waals surface area contributed by atoms with Gasteiger partial charge in [-0.3, -0.25) is 4.79 Å². The van der Waals surface area contributed by atoms with E-state index in [1.54, 1.807) is 0 Å². The summed E-state index contributed by atoms with van der Waals surface area (Å²) in [7, 11) is 0. The number of ether oxygens (including phenoxy) is 1. The molecule has 0 fully saturated rings. The fourth-order valence-electron chi connectivity index (χ4n) is 1.79. The van der Waals surface area contributed by atoms with Crippen molar-refractivity contribution in [2.24, 2.45) is 0 Å². The van der Waals surface area contributed by atoms with Crippen molar-refractivity contribution in [3.63, 3.8) is 0 Å². The van der Waals surface area contributed by atoms with E-state index in [4.69, 9.17) is 10.5 Å². The Bertz CT molecular complexity index is 409. The van der Waals surface area contributed by atoms with E-state index in [-0.39, 0.29) is 11.7 Å². The number of nitrogens with two attached hydrogens (primary N) is 1. The standard InChI is InChI=1S/C12H21N3O2/c1-4-7-9(17-6-3)11-14-10(13)8(5-2)12(16)15-11/h9H,4-7H2,1-3H3,(H3,13,14,15,16). The predicted octanol–water partition coefficient (Wildman–Crippen LogP) is 1.79. The summed E-state index contributed by atoms with van der Waals surface area (Å²) in [4.78, 5) is 18.8. The zero-order valence-electron chi connectivity index (χ0n) is 10.7. The maximum atomic E-state index is 11.8. The number of aromatic amines is 1. The van der Waals surface area contributed by atoms with Crippen LogP contribution in [0.2, 0.25) is 0 Å². The van der Waals surface area contributed by atoms with E-state index >= 15 is 0 Å². The number of aromatic nitrogens is 2. The Kier molecular flexibility index (Phi) is 5.15. The van der Waals surface area contributed by atoms with Crippen LogP contribution in [0.5, 0.6) is 0 Å². The Labute approximate surface area is 101 Å². The van der Waals surface area contributed by atoms with Gasteiger partial charge in [0, 0.05) is 6.61 Å². The second kappa shape index (κ2) is 6.39. The highest BCUT2D eigenvalue weighted by Crippen LogP contribution is 2.19. The normalized spacial score (nSPS) is 12.6. The number of nitrogens with one attached hydrogen (secondary N) is 1. The van der Waals surface area contributed by atoms with E-state index < -0.39 is 0 Å². The molecule has 1 unspecified atom stereocenters. The van der Waals surface area contributed by atoms with Crippen molar-refractivity contribution in [2.75, 3.05) is 12.3 Å². The molecule has 0 saturated heterocycles. The van der Waals surface area contributed by atoms with Crippen LogP contribution in [0.4, 0.5) is 5.82 Å². The Morgan fingerprint density at radius 2 is 2.12 bits per heavy atom. The smallest absolute Gasteiger partial charge is 0.256 e. The molecule has 96 valence electrons. The SMILES string of the molecule is CCCC(OCC)c1nc(N)c(CC)c(=O)[nH]1. The first-order chi connectivity index (χ1) is 8.13. The number of anilines is 1. The first kappa shape index (κ1) is 13.7. The minimum atomic E-state index is -0.175. The molecular formula is C12H21N3O2. The number of nitrogens with zero attached hydrogens (tertiary/aromatic N) is 1. The van der Waals surface area contributed by atoms with Gasteiger partial charge < -0.3 is 15.5 Å². The molecular weight excluding hydrogens is 218 g/mol. The molecule has 0 aliphatic rings. The molecule has 17 heavy (non-hydrogen) atoms. The average molecular weight is 239 g/mol. The molecule has 5 heteroatoms. The molecule has 3 N–H and O–H groups in total. The lowest BCUT2D eigenvalue weighted by Crippen LogP contribution is -2.22. The van der Waals surface area contributed by atoms with Crippen molar-refractivity contribution in [1.29, 1.82) is 0 Å². The van der Waals surface area contributed by atoms with Gasteiger partial charge in [0.2, 0.25) is 0 Å². The largest absolute Gasteiger partial charge is 0.383 e. The van der Waals surface area contributed by atoms with Crippen molar-refractivity contribution >= 4 is 5.82 Å². The third-order valence-corrected chi connectivity index (χ3v) is 2.64. The fraction of sp³-hybridized carbons (Fsp3) is 0.667. The van der Waals surface area contributed by atoms with Crippen LogP contribution >= 0.6 is 0 Å². The second-order valence-corrected chi connectivity index (χ2v) is 3.90. The van der Waals surface area contributed by atoms with Crippen LogP contribution in [0.25, 0.3) is 0 Å². The highest BCUT2D eigenvalue weighted by Gasteiger charge is 2.16. The van der Waals surface area contributed by atoms with Crippen LogP contribution in [-0.4, -0.2) is 16.6 Å². The van der Waals surface area contributed by atoms with Gasteiger partial charge in [0.05, 0.1) is 5.56 Å². The summed E-state index contributed by atoms with van der Waals surface area (Å²) >= 11 is 0. The Balaban J connectivity index is 3.08. The summed E-state index contributed by atoms with van der Waals surface area (Å²) in [5.41, 5.74) is 6.16. The summed E-state index contributed by atoms with van der Waals surface area (Å²) in [5, 5.41) is 0. The summed E-state index contributed by atoms with van der Waals surface area (Å²) in [6, 6.07) is 0. The minimum absolute atomic E-state index is 0.157. The molecule has 1 aromatic rings. The molecule has 1 aromatic heterocycles. The monoisotopic (exact) mass is 239 g/mol. The third kappa shape index (κ3) is 3.30. The van der Waals surface area contributed by atoms with Gasteiger partial charge in [-0.25, -0.2) is 4.98 Å². The maximum Gasteiger partial charge on any atom is 0.256 e. The van der Waals surface area contributed by atoms with Crippen LogP contribution < -0.4 is 11.3 Å². The van der Waals surface area contributed by atoms with E-state index in [0.717, 1.165) is 12.8 Å². The summed E-state index contributed by atoms with van der Waals surface area (Å²) in [6.45, 7) is 6.45. The van der Waals surface area contributed by atoms with Gasteiger partial charge >= 0.3 is 0 Å². The zero-order valence-corrected chi connectivity index (χ0v) is 10.7. The van der Waals surface area contributed by atoms with Crippen molar-refractivity contribution in [2.45, 2.75) is 46.1 Å². The molecule has 1 atom stereocenters. The van der Waals surface area contributed by atoms with Crippen molar-refractivity contribution in [1.82, 2.24) is 9.97 Å². The lowest BCUT2D eigenvalue weighted by atomic mass is 10.2. The Morgan fingerprint density at radius 3 is 2.59 bits per heavy atom. The van der Waals surface area contributed by atoms with Crippen LogP contribution in [0.1, 0.15) is 51.1 Å². The summed E-state index contributed by atoms with van der Waals surface area (Å²) in [6.07, 6.45) is 2.19. The lowest BCUT2D eigenvalue weighted by Gasteiger charge is -2.16. The lowest BCUT2D eigenvalue weighted by molar-refractivity contribution is 0.0493. The molecule has 1 heterocycles.